The quantitative estimate of drug-likeness (QED) is 0.813. The Morgan fingerprint density at radius 2 is 1.95 bits per heavy atom. The Labute approximate surface area is 127 Å². The first-order valence-electron chi connectivity index (χ1n) is 6.32. The average Bonchev–Trinajstić information content (AvgIpc) is 2.95. The lowest BCUT2D eigenvalue weighted by atomic mass is 10.1. The first-order chi connectivity index (χ1) is 9.82. The van der Waals surface area contributed by atoms with Crippen LogP contribution >= 0.6 is 11.3 Å². The molecule has 2 N–H and O–H groups in total. The van der Waals surface area contributed by atoms with Crippen molar-refractivity contribution in [1.82, 2.24) is 10.2 Å². The highest BCUT2D eigenvalue weighted by atomic mass is 32.1. The van der Waals surface area contributed by atoms with Gasteiger partial charge in [-0.25, -0.2) is 9.59 Å². The lowest BCUT2D eigenvalue weighted by molar-refractivity contribution is -0.133. The predicted molar refractivity (Wildman–Crippen MR) is 80.2 cm³/mol. The second kappa shape index (κ2) is 7.58. The molecule has 1 aromatic rings. The molecule has 1 rings (SSSR count). The number of urea groups is 1. The van der Waals surface area contributed by atoms with Crippen LogP contribution in [-0.2, 0) is 16.0 Å². The van der Waals surface area contributed by atoms with Crippen LogP contribution in [-0.4, -0.2) is 41.5 Å². The molecule has 0 aliphatic carbocycles. The minimum Gasteiger partial charge on any atom is -0.478 e. The molecule has 0 radical (unpaired) electrons. The van der Waals surface area contributed by atoms with Crippen molar-refractivity contribution < 1.29 is 19.5 Å². The van der Waals surface area contributed by atoms with E-state index in [0.717, 1.165) is 4.88 Å². The third kappa shape index (κ3) is 5.03. The highest BCUT2D eigenvalue weighted by Crippen LogP contribution is 2.09. The van der Waals surface area contributed by atoms with Gasteiger partial charge < -0.3 is 10.0 Å². The molecule has 0 saturated carbocycles. The van der Waals surface area contributed by atoms with Gasteiger partial charge in [-0.05, 0) is 31.7 Å². The Morgan fingerprint density at radius 1 is 1.29 bits per heavy atom. The van der Waals surface area contributed by atoms with Gasteiger partial charge in [-0.1, -0.05) is 6.07 Å². The third-order valence-electron chi connectivity index (χ3n) is 3.06. The second-order valence-corrected chi connectivity index (χ2v) is 5.60. The summed E-state index contributed by atoms with van der Waals surface area (Å²) in [5.74, 6) is -1.87. The molecule has 7 heteroatoms. The first kappa shape index (κ1) is 16.9. The van der Waals surface area contributed by atoms with Crippen molar-refractivity contribution in [3.05, 3.63) is 33.5 Å². The molecule has 0 aliphatic heterocycles. The molecule has 0 aromatic carbocycles. The van der Waals surface area contributed by atoms with E-state index >= 15 is 0 Å². The number of carbonyl (C=O) groups excluding carboxylic acids is 2. The number of carboxylic acids is 1. The lowest BCUT2D eigenvalue weighted by Crippen LogP contribution is -2.42. The minimum absolute atomic E-state index is 0.0162. The third-order valence-corrected chi connectivity index (χ3v) is 4.00. The van der Waals surface area contributed by atoms with Gasteiger partial charge in [-0.2, -0.15) is 0 Å². The van der Waals surface area contributed by atoms with Gasteiger partial charge >= 0.3 is 12.0 Å². The van der Waals surface area contributed by atoms with Gasteiger partial charge in [-0.15, -0.1) is 11.3 Å². The van der Waals surface area contributed by atoms with E-state index in [-0.39, 0.29) is 11.1 Å². The van der Waals surface area contributed by atoms with Crippen molar-refractivity contribution >= 4 is 29.2 Å². The summed E-state index contributed by atoms with van der Waals surface area (Å²) in [4.78, 5) is 36.9. The summed E-state index contributed by atoms with van der Waals surface area (Å²) in [6.07, 6.45) is 0.707. The summed E-state index contributed by atoms with van der Waals surface area (Å²) >= 11 is 1.60. The van der Waals surface area contributed by atoms with Crippen LogP contribution in [0.15, 0.2) is 28.7 Å². The van der Waals surface area contributed by atoms with Gasteiger partial charge in [-0.3, -0.25) is 10.1 Å². The maximum Gasteiger partial charge on any atom is 0.331 e. The van der Waals surface area contributed by atoms with Gasteiger partial charge in [0, 0.05) is 29.6 Å². The van der Waals surface area contributed by atoms with E-state index in [2.05, 4.69) is 5.32 Å². The summed E-state index contributed by atoms with van der Waals surface area (Å²) < 4.78 is 0. The van der Waals surface area contributed by atoms with Gasteiger partial charge in [0.05, 0.1) is 0 Å². The van der Waals surface area contributed by atoms with Crippen molar-refractivity contribution in [3.63, 3.8) is 0 Å². The molecule has 0 bridgehead atoms. The zero-order chi connectivity index (χ0) is 16.0. The van der Waals surface area contributed by atoms with Gasteiger partial charge in [0.15, 0.2) is 0 Å². The highest BCUT2D eigenvalue weighted by molar-refractivity contribution is 7.09. The van der Waals surface area contributed by atoms with Gasteiger partial charge in [0.1, 0.15) is 0 Å². The molecule has 21 heavy (non-hydrogen) atoms. The van der Waals surface area contributed by atoms with Crippen LogP contribution in [0, 0.1) is 0 Å². The maximum atomic E-state index is 11.8. The fourth-order valence-corrected chi connectivity index (χ4v) is 2.15. The molecule has 0 aliphatic rings. The van der Waals surface area contributed by atoms with E-state index in [1.165, 1.54) is 18.7 Å². The largest absolute Gasteiger partial charge is 0.478 e. The number of nitrogens with zero attached hydrogens (tertiary/aromatic N) is 1. The second-order valence-electron chi connectivity index (χ2n) is 4.57. The van der Waals surface area contributed by atoms with Crippen LogP contribution in [0.1, 0.15) is 18.7 Å². The van der Waals surface area contributed by atoms with E-state index in [0.29, 0.717) is 13.0 Å². The Bertz CT molecular complexity index is 564. The molecule has 6 nitrogen and oxygen atoms in total. The van der Waals surface area contributed by atoms with Crippen molar-refractivity contribution in [2.45, 2.75) is 20.3 Å². The number of rotatable bonds is 5. The molecule has 114 valence electrons. The Kier molecular flexibility index (Phi) is 6.10. The Balaban J connectivity index is 2.54. The summed E-state index contributed by atoms with van der Waals surface area (Å²) in [5.41, 5.74) is -0.0657. The molecular weight excluding hydrogens is 292 g/mol. The SMILES string of the molecule is CC(C(=O)O)=C(C)C(=O)NC(=O)N(C)CCc1cccs1. The number of hydrogen-bond donors (Lipinski definition) is 2. The molecule has 0 saturated heterocycles. The summed E-state index contributed by atoms with van der Waals surface area (Å²) in [6.45, 7) is 3.17. The normalized spacial score (nSPS) is 11.6. The number of hydrogen-bond acceptors (Lipinski definition) is 4. The van der Waals surface area contributed by atoms with Crippen LogP contribution in [0.3, 0.4) is 0 Å². The van der Waals surface area contributed by atoms with E-state index in [9.17, 15) is 14.4 Å². The van der Waals surface area contributed by atoms with Crippen LogP contribution in [0.2, 0.25) is 0 Å². The number of imide groups is 1. The summed E-state index contributed by atoms with van der Waals surface area (Å²) in [7, 11) is 1.58. The molecule has 0 unspecified atom stereocenters. The maximum absolute atomic E-state index is 11.8. The average molecular weight is 310 g/mol. The number of thiophene rings is 1. The number of nitrogens with one attached hydrogen (secondary N) is 1. The molecule has 0 fully saturated rings. The fraction of sp³-hybridized carbons (Fsp3) is 0.357. The van der Waals surface area contributed by atoms with Crippen LogP contribution in [0.5, 0.6) is 0 Å². The fourth-order valence-electron chi connectivity index (χ4n) is 1.45. The zero-order valence-corrected chi connectivity index (χ0v) is 13.0. The first-order valence-corrected chi connectivity index (χ1v) is 7.20. The summed E-state index contributed by atoms with van der Waals surface area (Å²) in [5, 5.41) is 12.9. The van der Waals surface area contributed by atoms with Crippen LogP contribution in [0.4, 0.5) is 4.79 Å². The molecule has 1 aromatic heterocycles. The van der Waals surface area contributed by atoms with Crippen LogP contribution in [0.25, 0.3) is 0 Å². The van der Waals surface area contributed by atoms with Gasteiger partial charge in [0.2, 0.25) is 0 Å². The van der Waals surface area contributed by atoms with Crippen molar-refractivity contribution in [1.29, 1.82) is 0 Å². The van der Waals surface area contributed by atoms with Crippen molar-refractivity contribution in [2.24, 2.45) is 0 Å². The lowest BCUT2D eigenvalue weighted by Gasteiger charge is -2.17. The molecule has 1 heterocycles. The van der Waals surface area contributed by atoms with Gasteiger partial charge in [0.25, 0.3) is 5.91 Å². The number of amides is 3. The van der Waals surface area contributed by atoms with E-state index in [4.69, 9.17) is 5.11 Å². The van der Waals surface area contributed by atoms with Crippen molar-refractivity contribution in [2.75, 3.05) is 13.6 Å². The number of aliphatic carboxylic acids is 1. The highest BCUT2D eigenvalue weighted by Gasteiger charge is 2.17. The minimum atomic E-state index is -1.18. The Morgan fingerprint density at radius 3 is 2.48 bits per heavy atom. The summed E-state index contributed by atoms with van der Waals surface area (Å²) in [6, 6.07) is 3.37. The monoisotopic (exact) mass is 310 g/mol. The Hall–Kier alpha value is -2.15. The molecule has 0 spiro atoms. The van der Waals surface area contributed by atoms with Crippen LogP contribution < -0.4 is 5.32 Å². The van der Waals surface area contributed by atoms with E-state index < -0.39 is 17.9 Å². The number of carbonyl (C=O) groups is 3. The smallest absolute Gasteiger partial charge is 0.331 e. The number of carboxylic acid groups (broad SMARTS) is 1. The molecule has 0 atom stereocenters. The van der Waals surface area contributed by atoms with E-state index in [1.54, 1.807) is 18.4 Å². The van der Waals surface area contributed by atoms with Crippen molar-refractivity contribution in [3.8, 4) is 0 Å². The predicted octanol–water partition coefficient (Wildman–Crippen LogP) is 1.88. The van der Waals surface area contributed by atoms with E-state index in [1.807, 2.05) is 17.5 Å². The number of likely N-dealkylation sites (N-methyl/N-ethyl adjacent to an activating group) is 1. The molecular formula is C14H18N2O4S. The molecule has 3 amide bonds. The zero-order valence-electron chi connectivity index (χ0n) is 12.2. The topological polar surface area (TPSA) is 86.7 Å². The standard InChI is InChI=1S/C14H18N2O4S/c1-9(10(2)13(18)19)12(17)15-14(20)16(3)7-6-11-5-4-8-21-11/h4-5,8H,6-7H2,1-3H3,(H,18,19)(H,15,17,20).